The van der Waals surface area contributed by atoms with E-state index in [1.165, 1.54) is 13.2 Å². The summed E-state index contributed by atoms with van der Waals surface area (Å²) in [5, 5.41) is 2.93. The van der Waals surface area contributed by atoms with Crippen LogP contribution in [0.15, 0.2) is 12.1 Å². The molecule has 1 rings (SSSR count). The molecular weight excluding hydrogens is 251 g/mol. The van der Waals surface area contributed by atoms with Crippen LogP contribution in [-0.4, -0.2) is 32.3 Å². The van der Waals surface area contributed by atoms with Gasteiger partial charge in [0.2, 0.25) is 0 Å². The summed E-state index contributed by atoms with van der Waals surface area (Å²) < 4.78 is 23.6. The van der Waals surface area contributed by atoms with Gasteiger partial charge in [-0.15, -0.1) is 0 Å². The van der Waals surface area contributed by atoms with E-state index in [-0.39, 0.29) is 23.0 Å². The number of rotatable bonds is 6. The van der Waals surface area contributed by atoms with Gasteiger partial charge >= 0.3 is 5.97 Å². The zero-order chi connectivity index (χ0) is 14.4. The number of carbonyl (C=O) groups is 1. The average molecular weight is 270 g/mol. The number of ether oxygens (including phenoxy) is 2. The highest BCUT2D eigenvalue weighted by molar-refractivity contribution is 5.96. The summed E-state index contributed by atoms with van der Waals surface area (Å²) in [4.78, 5) is 11.5. The number of anilines is 2. The molecule has 0 saturated heterocycles. The van der Waals surface area contributed by atoms with Crippen molar-refractivity contribution in [2.75, 3.05) is 31.4 Å². The van der Waals surface area contributed by atoms with Crippen molar-refractivity contribution in [3.8, 4) is 0 Å². The molecule has 0 aliphatic rings. The van der Waals surface area contributed by atoms with Crippen LogP contribution in [0.4, 0.5) is 15.8 Å². The van der Waals surface area contributed by atoms with Crippen LogP contribution in [0.1, 0.15) is 24.2 Å². The van der Waals surface area contributed by atoms with Crippen molar-refractivity contribution < 1.29 is 18.7 Å². The van der Waals surface area contributed by atoms with E-state index in [0.29, 0.717) is 13.2 Å². The maximum absolute atomic E-state index is 13.7. The molecule has 1 aromatic carbocycles. The highest BCUT2D eigenvalue weighted by Gasteiger charge is 2.15. The SMILES string of the molecule is CCOCC(C)Nc1cc(C(=O)OC)c(N)cc1F. The van der Waals surface area contributed by atoms with Gasteiger partial charge in [-0.05, 0) is 26.0 Å². The number of esters is 1. The van der Waals surface area contributed by atoms with E-state index >= 15 is 0 Å². The fourth-order valence-corrected chi connectivity index (χ4v) is 1.59. The van der Waals surface area contributed by atoms with Crippen molar-refractivity contribution in [3.63, 3.8) is 0 Å². The first kappa shape index (κ1) is 15.2. The maximum atomic E-state index is 13.7. The monoisotopic (exact) mass is 270 g/mol. The Labute approximate surface area is 111 Å². The summed E-state index contributed by atoms with van der Waals surface area (Å²) >= 11 is 0. The molecule has 1 atom stereocenters. The number of benzene rings is 1. The van der Waals surface area contributed by atoms with Gasteiger partial charge in [0.1, 0.15) is 5.82 Å². The van der Waals surface area contributed by atoms with E-state index in [1.807, 2.05) is 13.8 Å². The van der Waals surface area contributed by atoms with E-state index in [0.717, 1.165) is 6.07 Å². The molecule has 0 heterocycles. The zero-order valence-corrected chi connectivity index (χ0v) is 11.3. The lowest BCUT2D eigenvalue weighted by atomic mass is 10.1. The van der Waals surface area contributed by atoms with Gasteiger partial charge in [0.25, 0.3) is 0 Å². The maximum Gasteiger partial charge on any atom is 0.340 e. The van der Waals surface area contributed by atoms with Gasteiger partial charge < -0.3 is 20.5 Å². The predicted molar refractivity (Wildman–Crippen MR) is 71.7 cm³/mol. The lowest BCUT2D eigenvalue weighted by molar-refractivity contribution is 0.0602. The summed E-state index contributed by atoms with van der Waals surface area (Å²) in [6.07, 6.45) is 0. The van der Waals surface area contributed by atoms with Crippen molar-refractivity contribution in [2.45, 2.75) is 19.9 Å². The third kappa shape index (κ3) is 4.10. The van der Waals surface area contributed by atoms with Gasteiger partial charge in [0.05, 0.1) is 25.0 Å². The number of nitrogens with one attached hydrogen (secondary N) is 1. The number of carbonyl (C=O) groups excluding carboxylic acids is 1. The minimum atomic E-state index is -0.599. The molecule has 0 spiro atoms. The van der Waals surface area contributed by atoms with Gasteiger partial charge in [-0.25, -0.2) is 9.18 Å². The molecule has 0 fully saturated rings. The number of hydrogen-bond donors (Lipinski definition) is 2. The Bertz CT molecular complexity index is 452. The topological polar surface area (TPSA) is 73.6 Å². The van der Waals surface area contributed by atoms with Crippen molar-refractivity contribution in [1.29, 1.82) is 0 Å². The smallest absolute Gasteiger partial charge is 0.340 e. The summed E-state index contributed by atoms with van der Waals surface area (Å²) in [6.45, 7) is 4.76. The first-order valence-electron chi connectivity index (χ1n) is 6.01. The molecule has 0 aromatic heterocycles. The predicted octanol–water partition coefficient (Wildman–Crippen LogP) is 2.03. The third-order valence-corrected chi connectivity index (χ3v) is 2.52. The van der Waals surface area contributed by atoms with Crippen molar-refractivity contribution in [2.24, 2.45) is 0 Å². The molecule has 106 valence electrons. The molecule has 0 saturated carbocycles. The van der Waals surface area contributed by atoms with Crippen LogP contribution >= 0.6 is 0 Å². The number of nitrogen functional groups attached to an aromatic ring is 1. The van der Waals surface area contributed by atoms with Gasteiger partial charge in [-0.2, -0.15) is 0 Å². The fraction of sp³-hybridized carbons (Fsp3) is 0.462. The molecule has 0 aliphatic heterocycles. The van der Waals surface area contributed by atoms with Crippen molar-refractivity contribution in [3.05, 3.63) is 23.5 Å². The van der Waals surface area contributed by atoms with E-state index < -0.39 is 11.8 Å². The normalized spacial score (nSPS) is 12.0. The molecule has 0 amide bonds. The Morgan fingerprint density at radius 3 is 2.79 bits per heavy atom. The standard InChI is InChI=1S/C13H19FN2O3/c1-4-19-7-8(2)16-12-5-9(13(17)18-3)11(15)6-10(12)14/h5-6,8,16H,4,7,15H2,1-3H3. The molecule has 0 bridgehead atoms. The zero-order valence-electron chi connectivity index (χ0n) is 11.3. The number of nitrogens with two attached hydrogens (primary N) is 1. The van der Waals surface area contributed by atoms with Crippen LogP contribution in [0.5, 0.6) is 0 Å². The van der Waals surface area contributed by atoms with E-state index in [4.69, 9.17) is 10.5 Å². The summed E-state index contributed by atoms with van der Waals surface area (Å²) in [7, 11) is 1.25. The number of hydrogen-bond acceptors (Lipinski definition) is 5. The van der Waals surface area contributed by atoms with E-state index in [9.17, 15) is 9.18 Å². The second-order valence-electron chi connectivity index (χ2n) is 4.12. The Kier molecular flexibility index (Phi) is 5.57. The average Bonchev–Trinajstić information content (AvgIpc) is 2.38. The van der Waals surface area contributed by atoms with Crippen molar-refractivity contribution in [1.82, 2.24) is 0 Å². The first-order valence-corrected chi connectivity index (χ1v) is 6.01. The first-order chi connectivity index (χ1) is 8.99. The number of halogens is 1. The highest BCUT2D eigenvalue weighted by atomic mass is 19.1. The third-order valence-electron chi connectivity index (χ3n) is 2.52. The molecule has 0 radical (unpaired) electrons. The van der Waals surface area contributed by atoms with Crippen LogP contribution < -0.4 is 11.1 Å². The van der Waals surface area contributed by atoms with Crippen LogP contribution in [0, 0.1) is 5.82 Å². The summed E-state index contributed by atoms with van der Waals surface area (Å²) in [6, 6.07) is 2.35. The number of methoxy groups -OCH3 is 1. The van der Waals surface area contributed by atoms with Gasteiger partial charge in [-0.3, -0.25) is 0 Å². The molecule has 0 aliphatic carbocycles. The largest absolute Gasteiger partial charge is 0.465 e. The van der Waals surface area contributed by atoms with Crippen molar-refractivity contribution >= 4 is 17.3 Å². The highest BCUT2D eigenvalue weighted by Crippen LogP contribution is 2.23. The van der Waals surface area contributed by atoms with E-state index in [1.54, 1.807) is 0 Å². The van der Waals surface area contributed by atoms with Crippen LogP contribution in [0.3, 0.4) is 0 Å². The van der Waals surface area contributed by atoms with E-state index in [2.05, 4.69) is 10.1 Å². The summed E-state index contributed by atoms with van der Waals surface area (Å²) in [5.41, 5.74) is 5.96. The van der Waals surface area contributed by atoms with Crippen LogP contribution in [0.2, 0.25) is 0 Å². The molecular formula is C13H19FN2O3. The van der Waals surface area contributed by atoms with Gasteiger partial charge in [0, 0.05) is 18.3 Å². The van der Waals surface area contributed by atoms with Gasteiger partial charge in [-0.1, -0.05) is 0 Å². The quantitative estimate of drug-likeness (QED) is 0.611. The second kappa shape index (κ2) is 6.94. The fourth-order valence-electron chi connectivity index (χ4n) is 1.59. The lowest BCUT2D eigenvalue weighted by Gasteiger charge is -2.17. The minimum absolute atomic E-state index is 0.0485. The molecule has 3 N–H and O–H groups in total. The van der Waals surface area contributed by atoms with Crippen LogP contribution in [0.25, 0.3) is 0 Å². The Morgan fingerprint density at radius 2 is 2.21 bits per heavy atom. The minimum Gasteiger partial charge on any atom is -0.465 e. The molecule has 1 aromatic rings. The Balaban J connectivity index is 2.91. The summed E-state index contributed by atoms with van der Waals surface area (Å²) in [5.74, 6) is -1.12. The second-order valence-corrected chi connectivity index (χ2v) is 4.12. The molecule has 5 nitrogen and oxygen atoms in total. The molecule has 1 unspecified atom stereocenters. The lowest BCUT2D eigenvalue weighted by Crippen LogP contribution is -2.22. The Morgan fingerprint density at radius 1 is 1.53 bits per heavy atom. The Hall–Kier alpha value is -1.82. The molecule has 6 heteroatoms. The van der Waals surface area contributed by atoms with Crippen LogP contribution in [-0.2, 0) is 9.47 Å². The van der Waals surface area contributed by atoms with Gasteiger partial charge in [0.15, 0.2) is 0 Å². The molecule has 19 heavy (non-hydrogen) atoms.